The molecule has 3 aliphatic rings. The third-order valence-electron chi connectivity index (χ3n) is 8.48. The molecule has 3 saturated heterocycles. The van der Waals surface area contributed by atoms with E-state index < -0.39 is 23.3 Å². The van der Waals surface area contributed by atoms with Crippen LogP contribution in [-0.2, 0) is 0 Å². The van der Waals surface area contributed by atoms with E-state index >= 15 is 4.39 Å². The quantitative estimate of drug-likeness (QED) is 0.361. The van der Waals surface area contributed by atoms with Crippen molar-refractivity contribution in [3.05, 3.63) is 35.5 Å². The maximum absolute atomic E-state index is 16.5. The zero-order valence-electron chi connectivity index (χ0n) is 22.1. The molecule has 1 unspecified atom stereocenters. The number of nitrogens with one attached hydrogen (secondary N) is 1. The second kappa shape index (κ2) is 9.97. The summed E-state index contributed by atoms with van der Waals surface area (Å²) in [7, 11) is 0. The topological polar surface area (TPSA) is 116 Å². The first-order valence-electron chi connectivity index (χ1n) is 13.6. The van der Waals surface area contributed by atoms with Gasteiger partial charge >= 0.3 is 6.01 Å². The van der Waals surface area contributed by atoms with Crippen LogP contribution in [-0.4, -0.2) is 77.4 Å². The Morgan fingerprint density at radius 2 is 2.05 bits per heavy atom. The fraction of sp³-hybridized carbons (Fsp3) is 0.429. The Morgan fingerprint density at radius 1 is 1.22 bits per heavy atom. The van der Waals surface area contributed by atoms with Crippen LogP contribution in [0.4, 0.5) is 24.0 Å². The minimum Gasteiger partial charge on any atom is -0.461 e. The van der Waals surface area contributed by atoms with Crippen LogP contribution in [0.1, 0.15) is 24.8 Å². The van der Waals surface area contributed by atoms with Crippen molar-refractivity contribution in [2.24, 2.45) is 0 Å². The molecule has 4 aromatic rings. The van der Waals surface area contributed by atoms with Gasteiger partial charge in [0.2, 0.25) is 0 Å². The molecule has 13 heteroatoms. The lowest BCUT2D eigenvalue weighted by Gasteiger charge is -2.31. The second-order valence-corrected chi connectivity index (χ2v) is 11.9. The molecule has 0 aliphatic carbocycles. The zero-order valence-corrected chi connectivity index (χ0v) is 22.9. The van der Waals surface area contributed by atoms with Crippen LogP contribution in [0, 0.1) is 23.0 Å². The maximum atomic E-state index is 16.5. The van der Waals surface area contributed by atoms with Crippen molar-refractivity contribution in [1.82, 2.24) is 25.2 Å². The standard InChI is InChI=1S/C28H27F3N8OS/c29-15-10-28(4-1-7-39(28)13-15)14-40-27-36-23-18(26(37-27)38-8-5-34-6-9-38)12-35-22(21(23)31)16-2-3-19(30)24-20(16)17(11-32)25(33)41-24/h2-3,12,15,34H,1,4-10,13-14,33H2/t15?,28-/m0/s1. The van der Waals surface area contributed by atoms with Gasteiger partial charge in [0.05, 0.1) is 21.2 Å². The van der Waals surface area contributed by atoms with Crippen LogP contribution < -0.4 is 20.7 Å². The summed E-state index contributed by atoms with van der Waals surface area (Å²) in [4.78, 5) is 17.8. The average molecular weight is 581 g/mol. The number of ether oxygens (including phenoxy) is 1. The smallest absolute Gasteiger partial charge is 0.319 e. The van der Waals surface area contributed by atoms with Crippen molar-refractivity contribution in [3.63, 3.8) is 0 Å². The first kappa shape index (κ1) is 26.2. The molecule has 9 nitrogen and oxygen atoms in total. The molecule has 7 rings (SSSR count). The van der Waals surface area contributed by atoms with Gasteiger partial charge in [0.25, 0.3) is 0 Å². The average Bonchev–Trinajstić information content (AvgIpc) is 3.62. The zero-order chi connectivity index (χ0) is 28.3. The van der Waals surface area contributed by atoms with Crippen LogP contribution >= 0.6 is 11.3 Å². The normalized spacial score (nSPS) is 22.9. The SMILES string of the molecule is N#Cc1c(N)sc2c(F)ccc(-c3ncc4c(N5CCNCC5)nc(OC[C@@]56CCCN5CC(F)C6)nc4c3F)c12. The van der Waals surface area contributed by atoms with E-state index in [4.69, 9.17) is 10.5 Å². The number of nitriles is 1. The molecule has 41 heavy (non-hydrogen) atoms. The molecule has 2 atom stereocenters. The van der Waals surface area contributed by atoms with Crippen LogP contribution in [0.15, 0.2) is 18.3 Å². The number of nitrogens with two attached hydrogens (primary N) is 1. The molecule has 3 fully saturated rings. The molecule has 3 N–H and O–H groups in total. The lowest BCUT2D eigenvalue weighted by Crippen LogP contribution is -2.44. The van der Waals surface area contributed by atoms with Crippen molar-refractivity contribution in [2.75, 3.05) is 56.5 Å². The second-order valence-electron chi connectivity index (χ2n) is 10.9. The molecule has 3 aliphatic heterocycles. The summed E-state index contributed by atoms with van der Waals surface area (Å²) in [6.45, 7) is 4.18. The number of aromatic nitrogens is 3. The summed E-state index contributed by atoms with van der Waals surface area (Å²) >= 11 is 0.939. The van der Waals surface area contributed by atoms with Crippen LogP contribution in [0.5, 0.6) is 6.01 Å². The lowest BCUT2D eigenvalue weighted by atomic mass is 9.95. The Morgan fingerprint density at radius 3 is 2.85 bits per heavy atom. The number of nitrogens with zero attached hydrogens (tertiary/aromatic N) is 6. The first-order chi connectivity index (χ1) is 19.9. The Hall–Kier alpha value is -3.73. The van der Waals surface area contributed by atoms with E-state index in [0.717, 1.165) is 43.8 Å². The number of fused-ring (bicyclic) bond motifs is 3. The van der Waals surface area contributed by atoms with Gasteiger partial charge in [-0.3, -0.25) is 9.88 Å². The van der Waals surface area contributed by atoms with Gasteiger partial charge in [0.1, 0.15) is 46.7 Å². The van der Waals surface area contributed by atoms with Gasteiger partial charge in [-0.05, 0) is 31.5 Å². The van der Waals surface area contributed by atoms with E-state index in [1.165, 1.54) is 18.3 Å². The van der Waals surface area contributed by atoms with E-state index in [-0.39, 0.29) is 50.0 Å². The molecule has 3 aromatic heterocycles. The molecular formula is C28H27F3N8OS. The van der Waals surface area contributed by atoms with Crippen molar-refractivity contribution in [2.45, 2.75) is 31.0 Å². The molecule has 1 aromatic carbocycles. The van der Waals surface area contributed by atoms with E-state index in [1.54, 1.807) is 0 Å². The Labute approximate surface area is 237 Å². The minimum atomic E-state index is -0.907. The highest BCUT2D eigenvalue weighted by Crippen LogP contribution is 2.43. The number of alkyl halides is 1. The maximum Gasteiger partial charge on any atom is 0.319 e. The van der Waals surface area contributed by atoms with Gasteiger partial charge in [-0.15, -0.1) is 11.3 Å². The highest BCUT2D eigenvalue weighted by atomic mass is 32.1. The van der Waals surface area contributed by atoms with Gasteiger partial charge in [-0.1, -0.05) is 0 Å². The number of pyridine rings is 1. The molecule has 0 bridgehead atoms. The minimum absolute atomic E-state index is 0.00304. The molecule has 0 amide bonds. The Kier molecular flexibility index (Phi) is 6.37. The van der Waals surface area contributed by atoms with E-state index in [0.29, 0.717) is 37.3 Å². The van der Waals surface area contributed by atoms with Gasteiger partial charge in [0, 0.05) is 56.3 Å². The third kappa shape index (κ3) is 4.24. The summed E-state index contributed by atoms with van der Waals surface area (Å²) < 4.78 is 51.8. The molecule has 0 saturated carbocycles. The highest BCUT2D eigenvalue weighted by molar-refractivity contribution is 7.23. The number of halogens is 3. The van der Waals surface area contributed by atoms with Crippen molar-refractivity contribution >= 4 is 43.1 Å². The van der Waals surface area contributed by atoms with Crippen LogP contribution in [0.3, 0.4) is 0 Å². The van der Waals surface area contributed by atoms with Gasteiger partial charge in [-0.25, -0.2) is 13.2 Å². The Bertz CT molecular complexity index is 1720. The fourth-order valence-corrected chi connectivity index (χ4v) is 7.49. The monoisotopic (exact) mass is 580 g/mol. The summed E-state index contributed by atoms with van der Waals surface area (Å²) in [5.74, 6) is -0.787. The molecular weight excluding hydrogens is 553 g/mol. The van der Waals surface area contributed by atoms with E-state index in [2.05, 4.69) is 25.2 Å². The lowest BCUT2D eigenvalue weighted by molar-refractivity contribution is 0.107. The number of thiophene rings is 1. The summed E-state index contributed by atoms with van der Waals surface area (Å²) in [6.07, 6.45) is 2.78. The fourth-order valence-electron chi connectivity index (χ4n) is 6.54. The van der Waals surface area contributed by atoms with Crippen LogP contribution in [0.2, 0.25) is 0 Å². The number of hydrogen-bond acceptors (Lipinski definition) is 10. The Balaban J connectivity index is 1.36. The van der Waals surface area contributed by atoms with Crippen molar-refractivity contribution in [3.8, 4) is 23.3 Å². The molecule has 212 valence electrons. The van der Waals surface area contributed by atoms with Gasteiger partial charge < -0.3 is 20.7 Å². The first-order valence-corrected chi connectivity index (χ1v) is 14.4. The van der Waals surface area contributed by atoms with E-state index in [1.807, 2.05) is 11.0 Å². The summed E-state index contributed by atoms with van der Waals surface area (Å²) in [6, 6.07) is 4.64. The summed E-state index contributed by atoms with van der Waals surface area (Å²) in [5.41, 5.74) is 5.84. The number of hydrogen-bond donors (Lipinski definition) is 2. The number of piperazine rings is 1. The molecule has 0 spiro atoms. The summed E-state index contributed by atoms with van der Waals surface area (Å²) in [5, 5.41) is 13.8. The van der Waals surface area contributed by atoms with Crippen LogP contribution in [0.25, 0.3) is 32.2 Å². The number of anilines is 2. The van der Waals surface area contributed by atoms with Crippen molar-refractivity contribution < 1.29 is 17.9 Å². The van der Waals surface area contributed by atoms with Gasteiger partial charge in [-0.2, -0.15) is 15.2 Å². The highest BCUT2D eigenvalue weighted by Gasteiger charge is 2.49. The number of nitrogen functional groups attached to an aromatic ring is 1. The molecule has 6 heterocycles. The van der Waals surface area contributed by atoms with Gasteiger partial charge in [0.15, 0.2) is 5.82 Å². The predicted octanol–water partition coefficient (Wildman–Crippen LogP) is 4.00. The van der Waals surface area contributed by atoms with Crippen molar-refractivity contribution in [1.29, 1.82) is 5.26 Å². The molecule has 0 radical (unpaired) electrons. The van der Waals surface area contributed by atoms with E-state index in [9.17, 15) is 14.0 Å². The predicted molar refractivity (Wildman–Crippen MR) is 151 cm³/mol. The third-order valence-corrected chi connectivity index (χ3v) is 9.50. The number of benzene rings is 1. The largest absolute Gasteiger partial charge is 0.461 e. The number of rotatable bonds is 5.